The molecule has 0 aliphatic carbocycles. The molecule has 0 saturated carbocycles. The van der Waals surface area contributed by atoms with Crippen molar-refractivity contribution in [1.82, 2.24) is 15.6 Å². The average Bonchev–Trinajstić information content (AvgIpc) is 3.08. The topological polar surface area (TPSA) is 75.6 Å². The number of rotatable bonds is 8. The van der Waals surface area contributed by atoms with Gasteiger partial charge in [0.15, 0.2) is 5.96 Å². The molecule has 1 heterocycles. The van der Waals surface area contributed by atoms with Gasteiger partial charge in [-0.25, -0.2) is 9.78 Å². The third-order valence-corrected chi connectivity index (χ3v) is 6.29. The van der Waals surface area contributed by atoms with Gasteiger partial charge in [0.25, 0.3) is 0 Å². The van der Waals surface area contributed by atoms with E-state index in [0.717, 1.165) is 11.6 Å². The molecule has 0 amide bonds. The zero-order valence-electron chi connectivity index (χ0n) is 17.0. The largest absolute Gasteiger partial charge is 0.462 e. The molecule has 152 valence electrons. The number of nitrogens with zero attached hydrogens (tertiary/aromatic N) is 2. The lowest BCUT2D eigenvalue weighted by atomic mass is 10.3. The number of esters is 1. The van der Waals surface area contributed by atoms with Gasteiger partial charge in [0.1, 0.15) is 9.88 Å². The van der Waals surface area contributed by atoms with Crippen LogP contribution in [0.2, 0.25) is 0 Å². The second kappa shape index (κ2) is 11.1. The zero-order chi connectivity index (χ0) is 20.5. The van der Waals surface area contributed by atoms with Crippen molar-refractivity contribution in [2.75, 3.05) is 20.2 Å². The quantitative estimate of drug-likeness (QED) is 0.291. The molecule has 8 heteroatoms. The van der Waals surface area contributed by atoms with Crippen LogP contribution < -0.4 is 10.6 Å². The number of benzene rings is 1. The highest BCUT2D eigenvalue weighted by Crippen LogP contribution is 2.24. The van der Waals surface area contributed by atoms with E-state index >= 15 is 0 Å². The minimum absolute atomic E-state index is 0.0739. The first-order valence-corrected chi connectivity index (χ1v) is 11.0. The predicted octanol–water partition coefficient (Wildman–Crippen LogP) is 4.04. The van der Waals surface area contributed by atoms with Crippen LogP contribution in [0.15, 0.2) is 40.2 Å². The smallest absolute Gasteiger partial charge is 0.350 e. The zero-order valence-corrected chi connectivity index (χ0v) is 18.6. The Morgan fingerprint density at radius 1 is 1.32 bits per heavy atom. The number of guanidine groups is 1. The highest BCUT2D eigenvalue weighted by Gasteiger charge is 2.20. The van der Waals surface area contributed by atoms with Crippen molar-refractivity contribution < 1.29 is 9.53 Å². The van der Waals surface area contributed by atoms with Gasteiger partial charge in [0, 0.05) is 23.7 Å². The summed E-state index contributed by atoms with van der Waals surface area (Å²) in [5.41, 5.74) is 0.697. The van der Waals surface area contributed by atoms with Crippen LogP contribution in [0.5, 0.6) is 0 Å². The van der Waals surface area contributed by atoms with E-state index in [2.05, 4.69) is 39.7 Å². The summed E-state index contributed by atoms with van der Waals surface area (Å²) in [6.07, 6.45) is 0. The first-order valence-electron chi connectivity index (χ1n) is 9.27. The molecule has 0 fully saturated rings. The standard InChI is InChI=1S/C20H28N4O2S2/c1-6-26-19(25)17-14(3)23-18(28-17)15(4)24-20(21-5)22-12-13(2)27-16-10-8-7-9-11-16/h7-11,13,15H,6,12H2,1-5H3,(H2,21,22,24). The highest BCUT2D eigenvalue weighted by molar-refractivity contribution is 8.00. The van der Waals surface area contributed by atoms with Crippen molar-refractivity contribution >= 4 is 35.0 Å². The molecule has 2 rings (SSSR count). The number of carbonyl (C=O) groups is 1. The summed E-state index contributed by atoms with van der Waals surface area (Å²) in [5, 5.41) is 7.91. The molecule has 0 bridgehead atoms. The van der Waals surface area contributed by atoms with Gasteiger partial charge in [-0.15, -0.1) is 23.1 Å². The SMILES string of the molecule is CCOC(=O)c1sc(C(C)NC(=NC)NCC(C)Sc2ccccc2)nc1C. The maximum absolute atomic E-state index is 12.0. The number of aromatic nitrogens is 1. The third kappa shape index (κ3) is 6.53. The van der Waals surface area contributed by atoms with Gasteiger partial charge in [0.2, 0.25) is 0 Å². The molecule has 28 heavy (non-hydrogen) atoms. The average molecular weight is 421 g/mol. The Morgan fingerprint density at radius 3 is 2.68 bits per heavy atom. The van der Waals surface area contributed by atoms with E-state index in [1.54, 1.807) is 14.0 Å². The molecule has 1 aromatic carbocycles. The fourth-order valence-electron chi connectivity index (χ4n) is 2.46. The van der Waals surface area contributed by atoms with Crippen molar-refractivity contribution in [3.8, 4) is 0 Å². The number of thioether (sulfide) groups is 1. The van der Waals surface area contributed by atoms with Crippen molar-refractivity contribution in [3.63, 3.8) is 0 Å². The lowest BCUT2D eigenvalue weighted by Crippen LogP contribution is -2.41. The summed E-state index contributed by atoms with van der Waals surface area (Å²) in [5.74, 6) is 0.392. The minimum Gasteiger partial charge on any atom is -0.462 e. The molecule has 2 atom stereocenters. The van der Waals surface area contributed by atoms with Crippen LogP contribution >= 0.6 is 23.1 Å². The van der Waals surface area contributed by atoms with Crippen molar-refractivity contribution in [2.45, 2.75) is 43.9 Å². The lowest BCUT2D eigenvalue weighted by Gasteiger charge is -2.18. The molecule has 6 nitrogen and oxygen atoms in total. The van der Waals surface area contributed by atoms with E-state index in [1.807, 2.05) is 43.8 Å². The van der Waals surface area contributed by atoms with Crippen LogP contribution in [0, 0.1) is 6.92 Å². The van der Waals surface area contributed by atoms with Gasteiger partial charge < -0.3 is 15.4 Å². The van der Waals surface area contributed by atoms with E-state index < -0.39 is 0 Å². The van der Waals surface area contributed by atoms with E-state index in [-0.39, 0.29) is 12.0 Å². The number of hydrogen-bond acceptors (Lipinski definition) is 6. The number of hydrogen-bond donors (Lipinski definition) is 2. The van der Waals surface area contributed by atoms with Crippen LogP contribution in [0.4, 0.5) is 0 Å². The summed E-state index contributed by atoms with van der Waals surface area (Å²) in [6.45, 7) is 8.94. The van der Waals surface area contributed by atoms with Gasteiger partial charge in [-0.2, -0.15) is 0 Å². The van der Waals surface area contributed by atoms with E-state index in [4.69, 9.17) is 4.74 Å². The molecule has 2 aromatic rings. The van der Waals surface area contributed by atoms with Gasteiger partial charge >= 0.3 is 5.97 Å². The fourth-order valence-corrected chi connectivity index (χ4v) is 4.37. The number of aryl methyl sites for hydroxylation is 1. The highest BCUT2D eigenvalue weighted by atomic mass is 32.2. The summed E-state index contributed by atoms with van der Waals surface area (Å²) < 4.78 is 5.09. The summed E-state index contributed by atoms with van der Waals surface area (Å²) in [7, 11) is 1.74. The molecular formula is C20H28N4O2S2. The van der Waals surface area contributed by atoms with E-state index in [0.29, 0.717) is 28.4 Å². The Balaban J connectivity index is 1.90. The Kier molecular flexibility index (Phi) is 8.79. The molecule has 0 spiro atoms. The molecular weight excluding hydrogens is 392 g/mol. The van der Waals surface area contributed by atoms with E-state index in [9.17, 15) is 4.79 Å². The van der Waals surface area contributed by atoms with Gasteiger partial charge in [-0.05, 0) is 32.9 Å². The van der Waals surface area contributed by atoms with Crippen LogP contribution in [-0.2, 0) is 4.74 Å². The van der Waals surface area contributed by atoms with Crippen LogP contribution in [0.25, 0.3) is 0 Å². The van der Waals surface area contributed by atoms with Crippen molar-refractivity contribution in [1.29, 1.82) is 0 Å². The monoisotopic (exact) mass is 420 g/mol. The van der Waals surface area contributed by atoms with Gasteiger partial charge in [-0.3, -0.25) is 4.99 Å². The predicted molar refractivity (Wildman–Crippen MR) is 117 cm³/mol. The Bertz CT molecular complexity index is 793. The fraction of sp³-hybridized carbons (Fsp3) is 0.450. The van der Waals surface area contributed by atoms with Crippen LogP contribution in [0.3, 0.4) is 0 Å². The summed E-state index contributed by atoms with van der Waals surface area (Å²) >= 11 is 3.18. The molecule has 0 radical (unpaired) electrons. The van der Waals surface area contributed by atoms with Gasteiger partial charge in [-0.1, -0.05) is 25.1 Å². The maximum Gasteiger partial charge on any atom is 0.350 e. The van der Waals surface area contributed by atoms with Crippen molar-refractivity contribution in [3.05, 3.63) is 45.9 Å². The Labute approximate surface area is 175 Å². The van der Waals surface area contributed by atoms with E-state index in [1.165, 1.54) is 16.2 Å². The lowest BCUT2D eigenvalue weighted by molar-refractivity contribution is 0.0531. The maximum atomic E-state index is 12.0. The molecule has 1 aromatic heterocycles. The second-order valence-corrected chi connectivity index (χ2v) is 8.79. The summed E-state index contributed by atoms with van der Waals surface area (Å²) in [6, 6.07) is 10.3. The van der Waals surface area contributed by atoms with Gasteiger partial charge in [0.05, 0.1) is 18.3 Å². The third-order valence-electron chi connectivity index (χ3n) is 3.86. The molecule has 0 aliphatic rings. The normalized spacial score (nSPS) is 13.7. The number of thiazole rings is 1. The van der Waals surface area contributed by atoms with Crippen LogP contribution in [0.1, 0.15) is 47.2 Å². The summed E-state index contributed by atoms with van der Waals surface area (Å²) in [4.78, 5) is 22.6. The molecule has 0 aliphatic heterocycles. The van der Waals surface area contributed by atoms with Crippen LogP contribution in [-0.4, -0.2) is 42.4 Å². The molecule has 2 unspecified atom stereocenters. The second-order valence-electron chi connectivity index (χ2n) is 6.25. The molecule has 2 N–H and O–H groups in total. The molecule has 0 saturated heterocycles. The first-order chi connectivity index (χ1) is 13.4. The minimum atomic E-state index is -0.315. The Morgan fingerprint density at radius 2 is 2.04 bits per heavy atom. The number of carbonyl (C=O) groups excluding carboxylic acids is 1. The number of ether oxygens (including phenoxy) is 1. The Hall–Kier alpha value is -2.06. The van der Waals surface area contributed by atoms with Crippen molar-refractivity contribution in [2.24, 2.45) is 4.99 Å². The first kappa shape index (κ1) is 22.2. The number of aliphatic imine (C=N–C) groups is 1. The number of nitrogens with one attached hydrogen (secondary N) is 2.